The van der Waals surface area contributed by atoms with Gasteiger partial charge in [-0.05, 0) is 73.4 Å². The van der Waals surface area contributed by atoms with Crippen LogP contribution in [-0.2, 0) is 11.2 Å². The molecule has 3 atom stereocenters. The molecule has 1 unspecified atom stereocenters. The molecule has 3 aromatic carbocycles. The van der Waals surface area contributed by atoms with Gasteiger partial charge >= 0.3 is 0 Å². The normalized spacial score (nSPS) is 14.0. The Morgan fingerprint density at radius 2 is 1.36 bits per heavy atom. The molecule has 0 spiro atoms. The van der Waals surface area contributed by atoms with Gasteiger partial charge in [-0.1, -0.05) is 36.4 Å². The van der Waals surface area contributed by atoms with Gasteiger partial charge in [-0.25, -0.2) is 8.78 Å². The zero-order valence-electron chi connectivity index (χ0n) is 20.8. The fourth-order valence-corrected chi connectivity index (χ4v) is 4.07. The quantitative estimate of drug-likeness (QED) is 0.303. The van der Waals surface area contributed by atoms with E-state index in [9.17, 15) is 19.0 Å². The van der Waals surface area contributed by atoms with Gasteiger partial charge in [0.25, 0.3) is 0 Å². The molecule has 0 saturated carbocycles. The lowest BCUT2D eigenvalue weighted by molar-refractivity contribution is 0.0478. The molecule has 0 aromatic heterocycles. The van der Waals surface area contributed by atoms with Crippen LogP contribution in [0.15, 0.2) is 72.8 Å². The largest absolute Gasteiger partial charge is 0.491 e. The van der Waals surface area contributed by atoms with Crippen LogP contribution in [0.1, 0.15) is 42.7 Å². The van der Waals surface area contributed by atoms with Crippen molar-refractivity contribution in [2.24, 2.45) is 0 Å². The Labute approximate surface area is 211 Å². The van der Waals surface area contributed by atoms with Crippen molar-refractivity contribution in [2.75, 3.05) is 32.9 Å². The molecule has 3 rings (SSSR count). The van der Waals surface area contributed by atoms with Crippen LogP contribution in [0.4, 0.5) is 8.78 Å². The van der Waals surface area contributed by atoms with Crippen molar-refractivity contribution in [1.82, 2.24) is 4.90 Å². The van der Waals surface area contributed by atoms with Crippen molar-refractivity contribution in [3.8, 4) is 5.75 Å². The molecular formula is C29H35F2NO4. The van der Waals surface area contributed by atoms with Crippen LogP contribution >= 0.6 is 0 Å². The molecule has 0 bridgehead atoms. The third-order valence-corrected chi connectivity index (χ3v) is 6.06. The summed E-state index contributed by atoms with van der Waals surface area (Å²) >= 11 is 0. The first kappa shape index (κ1) is 27.7. The molecule has 0 radical (unpaired) electrons. The van der Waals surface area contributed by atoms with Gasteiger partial charge in [-0.15, -0.1) is 0 Å². The van der Waals surface area contributed by atoms with Gasteiger partial charge in [0.2, 0.25) is 0 Å². The highest BCUT2D eigenvalue weighted by Crippen LogP contribution is 2.23. The number of aliphatic hydroxyl groups is 2. The minimum atomic E-state index is -0.955. The molecule has 0 fully saturated rings. The van der Waals surface area contributed by atoms with E-state index in [1.54, 1.807) is 24.3 Å². The van der Waals surface area contributed by atoms with Gasteiger partial charge in [-0.3, -0.25) is 4.90 Å². The average Bonchev–Trinajstić information content (AvgIpc) is 2.87. The Kier molecular flexibility index (Phi) is 10.8. The molecule has 3 aromatic rings. The molecule has 0 heterocycles. The molecule has 7 heteroatoms. The van der Waals surface area contributed by atoms with E-state index in [2.05, 4.69) is 0 Å². The molecule has 194 valence electrons. The molecule has 36 heavy (non-hydrogen) atoms. The third-order valence-electron chi connectivity index (χ3n) is 6.06. The summed E-state index contributed by atoms with van der Waals surface area (Å²) in [4.78, 5) is 1.94. The SMILES string of the molecule is CCOCCOc1ccc(C[C@@H](C)N(CC(O)c2cccc(F)c2)C[C@H](O)c2cccc(F)c2)cc1. The van der Waals surface area contributed by atoms with Gasteiger partial charge in [0.1, 0.15) is 24.0 Å². The van der Waals surface area contributed by atoms with Gasteiger partial charge in [0.15, 0.2) is 0 Å². The van der Waals surface area contributed by atoms with Crippen LogP contribution in [0.3, 0.4) is 0 Å². The molecule has 0 saturated heterocycles. The number of nitrogens with zero attached hydrogens (tertiary/aromatic N) is 1. The molecule has 0 aliphatic heterocycles. The van der Waals surface area contributed by atoms with Crippen molar-refractivity contribution >= 4 is 0 Å². The van der Waals surface area contributed by atoms with Crippen molar-refractivity contribution in [2.45, 2.75) is 38.5 Å². The summed E-state index contributed by atoms with van der Waals surface area (Å²) in [5.74, 6) is -0.0879. The van der Waals surface area contributed by atoms with Gasteiger partial charge in [-0.2, -0.15) is 0 Å². The first-order valence-electron chi connectivity index (χ1n) is 12.3. The predicted molar refractivity (Wildman–Crippen MR) is 136 cm³/mol. The molecular weight excluding hydrogens is 464 g/mol. The summed E-state index contributed by atoms with van der Waals surface area (Å²) in [6.07, 6.45) is -1.27. The Morgan fingerprint density at radius 1 is 0.806 bits per heavy atom. The lowest BCUT2D eigenvalue weighted by atomic mass is 10.0. The fourth-order valence-electron chi connectivity index (χ4n) is 4.07. The summed E-state index contributed by atoms with van der Waals surface area (Å²) in [7, 11) is 0. The first-order chi connectivity index (χ1) is 17.4. The molecule has 0 amide bonds. The maximum atomic E-state index is 13.7. The van der Waals surface area contributed by atoms with E-state index in [1.165, 1.54) is 24.3 Å². The Hall–Kier alpha value is -2.84. The maximum Gasteiger partial charge on any atom is 0.123 e. The topological polar surface area (TPSA) is 62.2 Å². The molecule has 0 aliphatic carbocycles. The Morgan fingerprint density at radius 3 is 1.86 bits per heavy atom. The maximum absolute atomic E-state index is 13.7. The predicted octanol–water partition coefficient (Wildman–Crippen LogP) is 5.08. The van der Waals surface area contributed by atoms with Gasteiger partial charge < -0.3 is 19.7 Å². The van der Waals surface area contributed by atoms with Crippen LogP contribution in [-0.4, -0.2) is 54.1 Å². The number of hydrogen-bond acceptors (Lipinski definition) is 5. The number of aliphatic hydroxyl groups excluding tert-OH is 2. The number of hydrogen-bond donors (Lipinski definition) is 2. The summed E-state index contributed by atoms with van der Waals surface area (Å²) in [5, 5.41) is 21.7. The van der Waals surface area contributed by atoms with E-state index in [0.717, 1.165) is 11.3 Å². The Bertz CT molecular complexity index is 1010. The minimum absolute atomic E-state index is 0.0823. The second-order valence-corrected chi connectivity index (χ2v) is 8.84. The fraction of sp³-hybridized carbons (Fsp3) is 0.379. The lowest BCUT2D eigenvalue weighted by Gasteiger charge is -2.33. The average molecular weight is 500 g/mol. The highest BCUT2D eigenvalue weighted by atomic mass is 19.1. The summed E-state index contributed by atoms with van der Waals surface area (Å²) in [5.41, 5.74) is 1.98. The highest BCUT2D eigenvalue weighted by Gasteiger charge is 2.23. The van der Waals surface area contributed by atoms with E-state index in [1.807, 2.05) is 43.0 Å². The van der Waals surface area contributed by atoms with Crippen molar-refractivity contribution < 1.29 is 28.5 Å². The van der Waals surface area contributed by atoms with Crippen molar-refractivity contribution in [3.05, 3.63) is 101 Å². The minimum Gasteiger partial charge on any atom is -0.491 e. The van der Waals surface area contributed by atoms with Crippen LogP contribution in [0.5, 0.6) is 5.75 Å². The van der Waals surface area contributed by atoms with E-state index in [4.69, 9.17) is 9.47 Å². The van der Waals surface area contributed by atoms with E-state index in [0.29, 0.717) is 37.4 Å². The third kappa shape index (κ3) is 8.68. The number of halogens is 2. The van der Waals surface area contributed by atoms with Crippen molar-refractivity contribution in [3.63, 3.8) is 0 Å². The van der Waals surface area contributed by atoms with Crippen LogP contribution < -0.4 is 4.74 Å². The lowest BCUT2D eigenvalue weighted by Crippen LogP contribution is -2.40. The zero-order chi connectivity index (χ0) is 25.9. The van der Waals surface area contributed by atoms with E-state index in [-0.39, 0.29) is 19.1 Å². The van der Waals surface area contributed by atoms with Gasteiger partial charge in [0, 0.05) is 25.7 Å². The monoisotopic (exact) mass is 499 g/mol. The summed E-state index contributed by atoms with van der Waals surface area (Å²) in [6, 6.07) is 19.4. The van der Waals surface area contributed by atoms with Gasteiger partial charge in [0.05, 0.1) is 18.8 Å². The summed E-state index contributed by atoms with van der Waals surface area (Å²) in [6.45, 7) is 5.96. The first-order valence-corrected chi connectivity index (χ1v) is 12.3. The second kappa shape index (κ2) is 14.0. The standard InChI is InChI=1S/C29H35F2NO4/c1-3-35-14-15-36-27-12-10-22(11-13-27)16-21(2)32(19-28(33)23-6-4-8-25(30)17-23)20-29(34)24-7-5-9-26(31)18-24/h4-13,17-18,21,28-29,33-34H,3,14-16,19-20H2,1-2H3/t21-,28+,29?/m1/s1. The second-order valence-electron chi connectivity index (χ2n) is 8.84. The number of rotatable bonds is 14. The number of ether oxygens (including phenoxy) is 2. The molecule has 5 nitrogen and oxygen atoms in total. The van der Waals surface area contributed by atoms with Crippen LogP contribution in [0, 0.1) is 11.6 Å². The van der Waals surface area contributed by atoms with E-state index < -0.39 is 23.8 Å². The summed E-state index contributed by atoms with van der Waals surface area (Å²) < 4.78 is 38.4. The van der Waals surface area contributed by atoms with E-state index >= 15 is 0 Å². The molecule has 0 aliphatic rings. The van der Waals surface area contributed by atoms with Crippen LogP contribution in [0.25, 0.3) is 0 Å². The zero-order valence-corrected chi connectivity index (χ0v) is 20.8. The smallest absolute Gasteiger partial charge is 0.123 e. The Balaban J connectivity index is 1.70. The highest BCUT2D eigenvalue weighted by molar-refractivity contribution is 5.28. The molecule has 2 N–H and O–H groups in total. The van der Waals surface area contributed by atoms with Crippen molar-refractivity contribution in [1.29, 1.82) is 0 Å². The number of benzene rings is 3. The van der Waals surface area contributed by atoms with Crippen LogP contribution in [0.2, 0.25) is 0 Å².